The van der Waals surface area contributed by atoms with Gasteiger partial charge in [-0.05, 0) is 25.8 Å². The topological polar surface area (TPSA) is 36.3 Å². The van der Waals surface area contributed by atoms with E-state index in [0.29, 0.717) is 6.42 Å². The normalized spacial score (nSPS) is 18.8. The van der Waals surface area contributed by atoms with E-state index in [4.69, 9.17) is 10.00 Å². The molecule has 1 fully saturated rings. The molecule has 1 aliphatic heterocycles. The molecule has 0 atom stereocenters. The Morgan fingerprint density at radius 2 is 2.15 bits per heavy atom. The van der Waals surface area contributed by atoms with Crippen LogP contribution < -0.4 is 0 Å². The summed E-state index contributed by atoms with van der Waals surface area (Å²) in [5.74, 6) is 0.775. The Hall–Kier alpha value is -0.590. The Balaban J connectivity index is 2.11. The van der Waals surface area contributed by atoms with Crippen molar-refractivity contribution < 1.29 is 4.74 Å². The fourth-order valence-corrected chi connectivity index (χ4v) is 1.70. The van der Waals surface area contributed by atoms with Gasteiger partial charge in [0, 0.05) is 32.7 Å². The van der Waals surface area contributed by atoms with Crippen LogP contribution in [0.15, 0.2) is 0 Å². The highest BCUT2D eigenvalue weighted by molar-refractivity contribution is 4.73. The maximum absolute atomic E-state index is 8.42. The summed E-state index contributed by atoms with van der Waals surface area (Å²) in [6, 6.07) is 2.17. The van der Waals surface area contributed by atoms with Crippen LogP contribution in [-0.4, -0.2) is 38.3 Å². The third-order valence-corrected chi connectivity index (χ3v) is 2.52. The fraction of sp³-hybridized carbons (Fsp3) is 0.900. The van der Waals surface area contributed by atoms with Gasteiger partial charge in [0.25, 0.3) is 0 Å². The van der Waals surface area contributed by atoms with E-state index in [1.165, 1.54) is 12.8 Å². The van der Waals surface area contributed by atoms with Crippen molar-refractivity contribution in [3.8, 4) is 6.07 Å². The molecule has 0 spiro atoms. The number of hydrogen-bond donors (Lipinski definition) is 0. The molecule has 0 amide bonds. The lowest BCUT2D eigenvalue weighted by molar-refractivity contribution is 0.0560. The highest BCUT2D eigenvalue weighted by atomic mass is 16.5. The van der Waals surface area contributed by atoms with Gasteiger partial charge in [0.2, 0.25) is 0 Å². The van der Waals surface area contributed by atoms with Crippen molar-refractivity contribution in [3.63, 3.8) is 0 Å². The van der Waals surface area contributed by atoms with Crippen molar-refractivity contribution in [2.45, 2.75) is 19.3 Å². The summed E-state index contributed by atoms with van der Waals surface area (Å²) in [6.07, 6.45) is 2.99. The van der Waals surface area contributed by atoms with Crippen LogP contribution in [0.5, 0.6) is 0 Å². The Morgan fingerprint density at radius 1 is 1.46 bits per heavy atom. The molecule has 1 saturated heterocycles. The van der Waals surface area contributed by atoms with E-state index in [1.807, 2.05) is 0 Å². The summed E-state index contributed by atoms with van der Waals surface area (Å²) in [6.45, 7) is 3.84. The van der Waals surface area contributed by atoms with Gasteiger partial charge in [-0.2, -0.15) is 5.26 Å². The Bertz CT molecular complexity index is 170. The summed E-state index contributed by atoms with van der Waals surface area (Å²) >= 11 is 0. The average Bonchev–Trinajstić information content (AvgIpc) is 2.16. The number of hydrogen-bond acceptors (Lipinski definition) is 3. The lowest BCUT2D eigenvalue weighted by Crippen LogP contribution is -2.30. The van der Waals surface area contributed by atoms with Crippen molar-refractivity contribution in [2.24, 2.45) is 5.92 Å². The van der Waals surface area contributed by atoms with E-state index in [1.54, 1.807) is 0 Å². The zero-order chi connectivity index (χ0) is 9.52. The molecule has 0 aromatic rings. The van der Waals surface area contributed by atoms with Crippen molar-refractivity contribution in [2.75, 3.05) is 33.4 Å². The smallest absolute Gasteiger partial charge is 0.0635 e. The number of rotatable bonds is 4. The monoisotopic (exact) mass is 182 g/mol. The van der Waals surface area contributed by atoms with Gasteiger partial charge < -0.3 is 9.64 Å². The number of ether oxygens (including phenoxy) is 1. The van der Waals surface area contributed by atoms with Gasteiger partial charge in [-0.3, -0.25) is 0 Å². The van der Waals surface area contributed by atoms with Gasteiger partial charge >= 0.3 is 0 Å². The Kier molecular flexibility index (Phi) is 4.81. The molecule has 13 heavy (non-hydrogen) atoms. The van der Waals surface area contributed by atoms with Crippen LogP contribution in [0.25, 0.3) is 0 Å². The van der Waals surface area contributed by atoms with Crippen LogP contribution in [0.2, 0.25) is 0 Å². The third-order valence-electron chi connectivity index (χ3n) is 2.52. The molecule has 0 N–H and O–H groups in total. The number of nitrogens with zero attached hydrogens (tertiary/aromatic N) is 2. The van der Waals surface area contributed by atoms with E-state index in [2.05, 4.69) is 18.0 Å². The largest absolute Gasteiger partial charge is 0.381 e. The Labute approximate surface area is 80.3 Å². The Morgan fingerprint density at radius 3 is 2.77 bits per heavy atom. The first-order valence-corrected chi connectivity index (χ1v) is 4.96. The molecule has 0 unspecified atom stereocenters. The van der Waals surface area contributed by atoms with Crippen molar-refractivity contribution in [3.05, 3.63) is 0 Å². The number of nitriles is 1. The minimum Gasteiger partial charge on any atom is -0.381 e. The lowest BCUT2D eigenvalue weighted by Gasteiger charge is -2.26. The van der Waals surface area contributed by atoms with E-state index < -0.39 is 0 Å². The minimum absolute atomic E-state index is 0.639. The van der Waals surface area contributed by atoms with Gasteiger partial charge in [0.15, 0.2) is 0 Å². The first-order valence-electron chi connectivity index (χ1n) is 4.96. The molecule has 1 aliphatic rings. The SMILES string of the molecule is CN(CCC#N)CC1CCOCC1. The predicted molar refractivity (Wildman–Crippen MR) is 51.3 cm³/mol. The van der Waals surface area contributed by atoms with Crippen molar-refractivity contribution >= 4 is 0 Å². The van der Waals surface area contributed by atoms with E-state index >= 15 is 0 Å². The molecule has 0 aromatic heterocycles. The second-order valence-corrected chi connectivity index (χ2v) is 3.73. The molecule has 74 valence electrons. The van der Waals surface area contributed by atoms with Crippen molar-refractivity contribution in [1.82, 2.24) is 4.90 Å². The minimum atomic E-state index is 0.639. The second kappa shape index (κ2) is 5.95. The van der Waals surface area contributed by atoms with Gasteiger partial charge in [-0.25, -0.2) is 0 Å². The maximum atomic E-state index is 8.42. The molecule has 3 heteroatoms. The van der Waals surface area contributed by atoms with Crippen LogP contribution in [0.1, 0.15) is 19.3 Å². The summed E-state index contributed by atoms with van der Waals surface area (Å²) in [4.78, 5) is 2.25. The second-order valence-electron chi connectivity index (χ2n) is 3.73. The quantitative estimate of drug-likeness (QED) is 0.656. The van der Waals surface area contributed by atoms with Crippen LogP contribution in [0, 0.1) is 17.2 Å². The predicted octanol–water partition coefficient (Wildman–Crippen LogP) is 1.26. The molecule has 0 aromatic carbocycles. The molecule has 1 rings (SSSR count). The van der Waals surface area contributed by atoms with Crippen LogP contribution in [0.3, 0.4) is 0 Å². The van der Waals surface area contributed by atoms with Crippen LogP contribution in [-0.2, 0) is 4.74 Å². The molecule has 3 nitrogen and oxygen atoms in total. The van der Waals surface area contributed by atoms with Crippen molar-refractivity contribution in [1.29, 1.82) is 5.26 Å². The highest BCUT2D eigenvalue weighted by Crippen LogP contribution is 2.15. The van der Waals surface area contributed by atoms with Gasteiger partial charge in [-0.15, -0.1) is 0 Å². The summed E-state index contributed by atoms with van der Waals surface area (Å²) in [5, 5.41) is 8.42. The molecule has 1 heterocycles. The highest BCUT2D eigenvalue weighted by Gasteiger charge is 2.15. The van der Waals surface area contributed by atoms with Crippen LogP contribution in [0.4, 0.5) is 0 Å². The molecule has 0 bridgehead atoms. The van der Waals surface area contributed by atoms with E-state index in [-0.39, 0.29) is 0 Å². The first-order chi connectivity index (χ1) is 6.33. The van der Waals surface area contributed by atoms with Gasteiger partial charge in [0.1, 0.15) is 0 Å². The molecule has 0 aliphatic carbocycles. The zero-order valence-corrected chi connectivity index (χ0v) is 8.33. The fourth-order valence-electron chi connectivity index (χ4n) is 1.70. The van der Waals surface area contributed by atoms with Crippen LogP contribution >= 0.6 is 0 Å². The lowest BCUT2D eigenvalue weighted by atomic mass is 10.00. The van der Waals surface area contributed by atoms with Gasteiger partial charge in [-0.1, -0.05) is 0 Å². The molecular weight excluding hydrogens is 164 g/mol. The average molecular weight is 182 g/mol. The van der Waals surface area contributed by atoms with Gasteiger partial charge in [0.05, 0.1) is 6.07 Å². The summed E-state index contributed by atoms with van der Waals surface area (Å²) in [5.41, 5.74) is 0. The van der Waals surface area contributed by atoms with E-state index in [0.717, 1.165) is 32.2 Å². The first kappa shape index (κ1) is 10.5. The molecule has 0 radical (unpaired) electrons. The summed E-state index contributed by atoms with van der Waals surface area (Å²) in [7, 11) is 2.09. The zero-order valence-electron chi connectivity index (χ0n) is 8.33. The maximum Gasteiger partial charge on any atom is 0.0635 e. The summed E-state index contributed by atoms with van der Waals surface area (Å²) < 4.78 is 5.29. The molecule has 0 saturated carbocycles. The molecular formula is C10H18N2O. The standard InChI is InChI=1S/C10H18N2O/c1-12(6-2-5-11)9-10-3-7-13-8-4-10/h10H,2-4,6-9H2,1H3. The van der Waals surface area contributed by atoms with E-state index in [9.17, 15) is 0 Å². The third kappa shape index (κ3) is 4.25.